The van der Waals surface area contributed by atoms with Gasteiger partial charge in [0.05, 0.1) is 11.7 Å². The number of amides is 2. The Labute approximate surface area is 237 Å². The zero-order chi connectivity index (χ0) is 27.8. The molecule has 1 aliphatic heterocycles. The second-order valence-electron chi connectivity index (χ2n) is 12.2. The van der Waals surface area contributed by atoms with E-state index in [1.807, 2.05) is 29.2 Å². The molecule has 2 aromatic carbocycles. The van der Waals surface area contributed by atoms with Crippen LogP contribution in [-0.2, 0) is 11.2 Å². The lowest BCUT2D eigenvalue weighted by Gasteiger charge is -2.35. The van der Waals surface area contributed by atoms with Crippen LogP contribution in [0.25, 0.3) is 16.9 Å². The summed E-state index contributed by atoms with van der Waals surface area (Å²) in [4.78, 5) is 32.5. The van der Waals surface area contributed by atoms with E-state index >= 15 is 4.39 Å². The van der Waals surface area contributed by atoms with E-state index in [4.69, 9.17) is 10.1 Å². The summed E-state index contributed by atoms with van der Waals surface area (Å²) in [5.41, 5.74) is 6.23. The average Bonchev–Trinajstić information content (AvgIpc) is 3.84. The van der Waals surface area contributed by atoms with E-state index < -0.39 is 0 Å². The number of benzene rings is 2. The van der Waals surface area contributed by atoms with Crippen molar-refractivity contribution in [2.24, 2.45) is 5.92 Å². The lowest BCUT2D eigenvalue weighted by molar-refractivity contribution is -0.122. The van der Waals surface area contributed by atoms with Crippen LogP contribution < -0.4 is 5.32 Å². The largest absolute Gasteiger partial charge is 0.352 e. The summed E-state index contributed by atoms with van der Waals surface area (Å²) in [5, 5.41) is 7.87. The highest BCUT2D eigenvalue weighted by molar-refractivity contribution is 5.93. The highest BCUT2D eigenvalue weighted by Crippen LogP contribution is 2.44. The van der Waals surface area contributed by atoms with Gasteiger partial charge in [-0.15, -0.1) is 0 Å². The van der Waals surface area contributed by atoms with Crippen LogP contribution in [0, 0.1) is 11.7 Å². The number of rotatable bonds is 6. The fraction of sp³-hybridized carbons (Fsp3) is 0.394. The monoisotopic (exact) mass is 549 g/mol. The van der Waals surface area contributed by atoms with Crippen LogP contribution in [0.2, 0.25) is 0 Å². The maximum absolute atomic E-state index is 15.4. The van der Waals surface area contributed by atoms with Crippen molar-refractivity contribution in [2.45, 2.75) is 69.4 Å². The summed E-state index contributed by atoms with van der Waals surface area (Å²) >= 11 is 0. The van der Waals surface area contributed by atoms with Crippen LogP contribution in [0.1, 0.15) is 89.8 Å². The molecule has 3 atom stereocenters. The molecular formula is C33H32FN5O2. The van der Waals surface area contributed by atoms with E-state index in [-0.39, 0.29) is 41.6 Å². The van der Waals surface area contributed by atoms with E-state index in [0.717, 1.165) is 49.8 Å². The molecule has 0 spiro atoms. The molecule has 1 N–H and O–H groups in total. The number of hydrogen-bond donors (Lipinski definition) is 1. The number of hydrogen-bond acceptors (Lipinski definition) is 4. The summed E-state index contributed by atoms with van der Waals surface area (Å²) in [6.45, 7) is 2.72. The third-order valence-electron chi connectivity index (χ3n) is 9.29. The Hall–Kier alpha value is -4.07. The average molecular weight is 550 g/mol. The molecule has 8 heteroatoms. The van der Waals surface area contributed by atoms with Crippen LogP contribution >= 0.6 is 0 Å². The van der Waals surface area contributed by atoms with Crippen LogP contribution in [0.15, 0.2) is 54.6 Å². The maximum Gasteiger partial charge on any atom is 0.273 e. The fourth-order valence-electron chi connectivity index (χ4n) is 6.44. The van der Waals surface area contributed by atoms with Gasteiger partial charge in [0, 0.05) is 47.7 Å². The number of carbonyl (C=O) groups excluding carboxylic acids is 2. The van der Waals surface area contributed by atoms with Gasteiger partial charge >= 0.3 is 0 Å². The van der Waals surface area contributed by atoms with Crippen molar-refractivity contribution in [3.05, 3.63) is 88.5 Å². The van der Waals surface area contributed by atoms with E-state index in [2.05, 4.69) is 24.4 Å². The SMILES string of the molecule is C[C@@H]1c2ccccc2CCN1C(=O)c1cc(C2CC2)n2nc(-c3ccc([C@H]4C[C@@H]4NC(=O)C4CC4)cc3F)cc2n1. The van der Waals surface area contributed by atoms with Crippen molar-refractivity contribution >= 4 is 17.5 Å². The van der Waals surface area contributed by atoms with Crippen LogP contribution in [0.3, 0.4) is 0 Å². The minimum absolute atomic E-state index is 0.0315. The summed E-state index contributed by atoms with van der Waals surface area (Å²) < 4.78 is 17.2. The molecule has 0 saturated heterocycles. The predicted molar refractivity (Wildman–Crippen MR) is 152 cm³/mol. The zero-order valence-corrected chi connectivity index (χ0v) is 23.0. The summed E-state index contributed by atoms with van der Waals surface area (Å²) in [6.07, 6.45) is 5.70. The van der Waals surface area contributed by atoms with E-state index in [9.17, 15) is 9.59 Å². The molecule has 2 amide bonds. The highest BCUT2D eigenvalue weighted by Gasteiger charge is 2.42. The maximum atomic E-state index is 15.4. The van der Waals surface area contributed by atoms with Gasteiger partial charge in [-0.3, -0.25) is 9.59 Å². The molecule has 3 fully saturated rings. The standard InChI is InChI=1S/C33H32FN5O2/c1-18-23-5-3-2-4-19(23)12-13-38(18)33(41)29-16-30(20-6-7-20)39-31(35-29)17-28(37-39)24-11-10-22(14-26(24)34)25-15-27(25)36-32(40)21-8-9-21/h2-5,10-11,14,16-18,20-21,25,27H,6-9,12-13,15H2,1H3,(H,36,40)/t18-,25-,27+/m1/s1. The molecule has 4 aliphatic rings. The Balaban J connectivity index is 1.08. The van der Waals surface area contributed by atoms with Gasteiger partial charge in [-0.2, -0.15) is 5.10 Å². The molecule has 3 saturated carbocycles. The van der Waals surface area contributed by atoms with Gasteiger partial charge < -0.3 is 10.2 Å². The van der Waals surface area contributed by atoms with Crippen LogP contribution in [0.4, 0.5) is 4.39 Å². The Morgan fingerprint density at radius 3 is 2.63 bits per heavy atom. The van der Waals surface area contributed by atoms with Gasteiger partial charge in [0.2, 0.25) is 5.91 Å². The summed E-state index contributed by atoms with van der Waals surface area (Å²) in [5.74, 6) is 0.371. The third kappa shape index (κ3) is 4.40. The van der Waals surface area contributed by atoms with Crippen molar-refractivity contribution in [3.63, 3.8) is 0 Å². The molecule has 0 bridgehead atoms. The topological polar surface area (TPSA) is 79.6 Å². The Morgan fingerprint density at radius 1 is 1.02 bits per heavy atom. The minimum Gasteiger partial charge on any atom is -0.352 e. The molecule has 7 nitrogen and oxygen atoms in total. The van der Waals surface area contributed by atoms with Crippen LogP contribution in [-0.4, -0.2) is 43.9 Å². The fourth-order valence-corrected chi connectivity index (χ4v) is 6.44. The second kappa shape index (κ2) is 9.23. The van der Waals surface area contributed by atoms with Crippen molar-refractivity contribution < 1.29 is 14.0 Å². The summed E-state index contributed by atoms with van der Waals surface area (Å²) in [6, 6.07) is 17.3. The van der Waals surface area contributed by atoms with Gasteiger partial charge in [0.25, 0.3) is 5.91 Å². The Bertz CT molecular complexity index is 1720. The van der Waals surface area contributed by atoms with Crippen molar-refractivity contribution in [1.82, 2.24) is 24.8 Å². The molecule has 2 aromatic heterocycles. The van der Waals surface area contributed by atoms with Gasteiger partial charge in [-0.05, 0) is 80.3 Å². The first-order chi connectivity index (χ1) is 19.9. The Morgan fingerprint density at radius 2 is 1.85 bits per heavy atom. The quantitative estimate of drug-likeness (QED) is 0.342. The first kappa shape index (κ1) is 24.7. The lowest BCUT2D eigenvalue weighted by atomic mass is 9.93. The van der Waals surface area contributed by atoms with Gasteiger partial charge in [0.15, 0.2) is 5.65 Å². The lowest BCUT2D eigenvalue weighted by Crippen LogP contribution is -2.39. The van der Waals surface area contributed by atoms with Gasteiger partial charge in [0.1, 0.15) is 11.5 Å². The molecule has 3 heterocycles. The zero-order valence-electron chi connectivity index (χ0n) is 23.0. The smallest absolute Gasteiger partial charge is 0.273 e. The number of aromatic nitrogens is 3. The van der Waals surface area contributed by atoms with Crippen LogP contribution in [0.5, 0.6) is 0 Å². The molecule has 41 heavy (non-hydrogen) atoms. The second-order valence-corrected chi connectivity index (χ2v) is 12.2. The first-order valence-corrected chi connectivity index (χ1v) is 14.8. The molecule has 4 aromatic rings. The first-order valence-electron chi connectivity index (χ1n) is 14.8. The molecular weight excluding hydrogens is 517 g/mol. The summed E-state index contributed by atoms with van der Waals surface area (Å²) in [7, 11) is 0. The minimum atomic E-state index is -0.338. The van der Waals surface area contributed by atoms with E-state index in [1.165, 1.54) is 11.1 Å². The van der Waals surface area contributed by atoms with Gasteiger partial charge in [-0.1, -0.05) is 30.3 Å². The highest BCUT2D eigenvalue weighted by atomic mass is 19.1. The number of nitrogens with one attached hydrogen (secondary N) is 1. The predicted octanol–water partition coefficient (Wildman–Crippen LogP) is 5.55. The van der Waals surface area contributed by atoms with E-state index in [1.54, 1.807) is 22.7 Å². The number of nitrogens with zero attached hydrogens (tertiary/aromatic N) is 4. The van der Waals surface area contributed by atoms with Crippen molar-refractivity contribution in [2.75, 3.05) is 6.54 Å². The molecule has 0 unspecified atom stereocenters. The normalized spacial score (nSPS) is 23.4. The van der Waals surface area contributed by atoms with E-state index in [0.29, 0.717) is 35.1 Å². The third-order valence-corrected chi connectivity index (χ3v) is 9.29. The number of halogens is 1. The molecule has 3 aliphatic carbocycles. The van der Waals surface area contributed by atoms with Gasteiger partial charge in [-0.25, -0.2) is 13.9 Å². The van der Waals surface area contributed by atoms with Crippen molar-refractivity contribution in [3.8, 4) is 11.3 Å². The molecule has 0 radical (unpaired) electrons. The molecule has 208 valence electrons. The van der Waals surface area contributed by atoms with Crippen molar-refractivity contribution in [1.29, 1.82) is 0 Å². The Kier molecular flexibility index (Phi) is 5.56. The number of carbonyl (C=O) groups is 2. The number of fused-ring (bicyclic) bond motifs is 2. The molecule has 8 rings (SSSR count).